The van der Waals surface area contributed by atoms with Gasteiger partial charge in [0.2, 0.25) is 0 Å². The molecule has 0 spiro atoms. The highest BCUT2D eigenvalue weighted by atomic mass is 79.9. The minimum Gasteiger partial charge on any atom is -0.478 e. The number of aromatic carboxylic acids is 1. The summed E-state index contributed by atoms with van der Waals surface area (Å²) in [7, 11) is -3.87. The van der Waals surface area contributed by atoms with Crippen LogP contribution in [0.5, 0.6) is 0 Å². The second kappa shape index (κ2) is 5.72. The van der Waals surface area contributed by atoms with Crippen LogP contribution in [0.25, 0.3) is 0 Å². The molecule has 2 N–H and O–H groups in total. The van der Waals surface area contributed by atoms with Crippen LogP contribution in [0.2, 0.25) is 5.02 Å². The van der Waals surface area contributed by atoms with Gasteiger partial charge >= 0.3 is 5.97 Å². The SMILES string of the molecule is O=C(O)c1csc(S(=O)(=O)Nc2cc(Br)ccc2Cl)c1. The van der Waals surface area contributed by atoms with Crippen molar-refractivity contribution in [1.82, 2.24) is 0 Å². The molecule has 2 aromatic rings. The van der Waals surface area contributed by atoms with E-state index in [9.17, 15) is 13.2 Å². The molecule has 9 heteroatoms. The van der Waals surface area contributed by atoms with Gasteiger partial charge < -0.3 is 5.11 Å². The molecular weight excluding hydrogens is 390 g/mol. The van der Waals surface area contributed by atoms with Gasteiger partial charge in [-0.05, 0) is 24.3 Å². The molecule has 0 saturated heterocycles. The molecule has 0 unspecified atom stereocenters. The maximum absolute atomic E-state index is 12.1. The zero-order valence-corrected chi connectivity index (χ0v) is 13.6. The first kappa shape index (κ1) is 15.3. The van der Waals surface area contributed by atoms with E-state index in [1.807, 2.05) is 0 Å². The van der Waals surface area contributed by atoms with Crippen LogP contribution in [0.3, 0.4) is 0 Å². The highest BCUT2D eigenvalue weighted by molar-refractivity contribution is 9.10. The van der Waals surface area contributed by atoms with Crippen molar-refractivity contribution >= 4 is 60.5 Å². The Balaban J connectivity index is 2.35. The second-order valence-corrected chi connectivity index (χ2v) is 7.83. The molecule has 5 nitrogen and oxygen atoms in total. The Morgan fingerprint density at radius 2 is 2.05 bits per heavy atom. The van der Waals surface area contributed by atoms with Gasteiger partial charge in [0.15, 0.2) is 0 Å². The molecule has 2 rings (SSSR count). The van der Waals surface area contributed by atoms with Crippen LogP contribution in [-0.2, 0) is 10.0 Å². The van der Waals surface area contributed by atoms with Crippen LogP contribution in [0, 0.1) is 0 Å². The summed E-state index contributed by atoms with van der Waals surface area (Å²) in [4.78, 5) is 10.8. The van der Waals surface area contributed by atoms with Crippen LogP contribution < -0.4 is 4.72 Å². The predicted molar refractivity (Wildman–Crippen MR) is 81.2 cm³/mol. The summed E-state index contributed by atoms with van der Waals surface area (Å²) in [5, 5.41) is 10.3. The molecule has 1 aromatic carbocycles. The van der Waals surface area contributed by atoms with E-state index in [1.165, 1.54) is 11.4 Å². The number of thiophene rings is 1. The number of hydrogen-bond donors (Lipinski definition) is 2. The lowest BCUT2D eigenvalue weighted by Gasteiger charge is -2.08. The van der Waals surface area contributed by atoms with Crippen molar-refractivity contribution in [2.24, 2.45) is 0 Å². The van der Waals surface area contributed by atoms with E-state index in [2.05, 4.69) is 20.7 Å². The van der Waals surface area contributed by atoms with Gasteiger partial charge in [0, 0.05) is 9.85 Å². The lowest BCUT2D eigenvalue weighted by Crippen LogP contribution is -2.12. The quantitative estimate of drug-likeness (QED) is 0.826. The van der Waals surface area contributed by atoms with Crippen molar-refractivity contribution in [3.05, 3.63) is 44.7 Å². The zero-order chi connectivity index (χ0) is 14.9. The van der Waals surface area contributed by atoms with Crippen molar-refractivity contribution in [3.63, 3.8) is 0 Å². The Labute approximate surface area is 132 Å². The topological polar surface area (TPSA) is 83.5 Å². The van der Waals surface area contributed by atoms with Crippen LogP contribution in [0.15, 0.2) is 38.3 Å². The summed E-state index contributed by atoms with van der Waals surface area (Å²) in [5.74, 6) is -1.18. The molecule has 0 aliphatic rings. The van der Waals surface area contributed by atoms with Gasteiger partial charge in [-0.2, -0.15) is 0 Å². The highest BCUT2D eigenvalue weighted by Gasteiger charge is 2.20. The molecule has 0 bridgehead atoms. The first-order valence-electron chi connectivity index (χ1n) is 5.09. The first-order valence-corrected chi connectivity index (χ1v) is 8.62. The zero-order valence-electron chi connectivity index (χ0n) is 9.63. The Morgan fingerprint density at radius 1 is 1.35 bits per heavy atom. The average Bonchev–Trinajstić information content (AvgIpc) is 2.84. The maximum atomic E-state index is 12.1. The second-order valence-electron chi connectivity index (χ2n) is 3.69. The molecule has 0 fully saturated rings. The van der Waals surface area contributed by atoms with Crippen LogP contribution >= 0.6 is 38.9 Å². The third kappa shape index (κ3) is 3.32. The summed E-state index contributed by atoms with van der Waals surface area (Å²) in [6.07, 6.45) is 0. The molecule has 0 radical (unpaired) electrons. The number of nitrogens with one attached hydrogen (secondary N) is 1. The van der Waals surface area contributed by atoms with Crippen molar-refractivity contribution in [3.8, 4) is 0 Å². The molecule has 0 aliphatic carbocycles. The number of rotatable bonds is 4. The summed E-state index contributed by atoms with van der Waals surface area (Å²) in [6.45, 7) is 0. The number of hydrogen-bond acceptors (Lipinski definition) is 4. The molecule has 106 valence electrons. The smallest absolute Gasteiger partial charge is 0.336 e. The average molecular weight is 397 g/mol. The van der Waals surface area contributed by atoms with Gasteiger partial charge in [-0.1, -0.05) is 27.5 Å². The fourth-order valence-electron chi connectivity index (χ4n) is 1.34. The number of carbonyl (C=O) groups is 1. The Morgan fingerprint density at radius 3 is 2.65 bits per heavy atom. The third-order valence-corrected chi connectivity index (χ3v) is 5.89. The lowest BCUT2D eigenvalue weighted by molar-refractivity contribution is 0.0697. The molecule has 0 amide bonds. The highest BCUT2D eigenvalue weighted by Crippen LogP contribution is 2.29. The summed E-state index contributed by atoms with van der Waals surface area (Å²) >= 11 is 9.95. The summed E-state index contributed by atoms with van der Waals surface area (Å²) in [6, 6.07) is 5.83. The van der Waals surface area contributed by atoms with Crippen molar-refractivity contribution in [1.29, 1.82) is 0 Å². The summed E-state index contributed by atoms with van der Waals surface area (Å²) < 4.78 is 27.2. The number of halogens is 2. The maximum Gasteiger partial charge on any atom is 0.336 e. The molecule has 1 heterocycles. The van der Waals surface area contributed by atoms with Gasteiger partial charge in [-0.3, -0.25) is 4.72 Å². The number of carboxylic acid groups (broad SMARTS) is 1. The van der Waals surface area contributed by atoms with Crippen LogP contribution in [0.4, 0.5) is 5.69 Å². The molecular formula is C11H7BrClNO4S2. The van der Waals surface area contributed by atoms with Gasteiger partial charge in [0.1, 0.15) is 4.21 Å². The predicted octanol–water partition coefficient (Wildman–Crippen LogP) is 3.66. The fourth-order valence-corrected chi connectivity index (χ4v) is 4.15. The largest absolute Gasteiger partial charge is 0.478 e. The Kier molecular flexibility index (Phi) is 4.38. The van der Waals surface area contributed by atoms with E-state index in [-0.39, 0.29) is 20.5 Å². The third-order valence-electron chi connectivity index (χ3n) is 2.26. The Bertz CT molecular complexity index is 772. The molecule has 0 aliphatic heterocycles. The van der Waals surface area contributed by atoms with Gasteiger partial charge in [-0.15, -0.1) is 11.3 Å². The van der Waals surface area contributed by atoms with E-state index in [4.69, 9.17) is 16.7 Å². The minimum atomic E-state index is -3.87. The van der Waals surface area contributed by atoms with Crippen LogP contribution in [0.1, 0.15) is 10.4 Å². The standard InChI is InChI=1S/C11H7BrClNO4S2/c12-7-1-2-8(13)9(4-7)14-20(17,18)10-3-6(5-19-10)11(15)16/h1-5,14H,(H,15,16). The number of sulfonamides is 1. The molecule has 1 aromatic heterocycles. The minimum absolute atomic E-state index is 0.0734. The van der Waals surface area contributed by atoms with Gasteiger partial charge in [0.25, 0.3) is 10.0 Å². The summed E-state index contributed by atoms with van der Waals surface area (Å²) in [5.41, 5.74) is 0.141. The number of benzene rings is 1. The molecule has 0 saturated carbocycles. The Hall–Kier alpha value is -1.09. The van der Waals surface area contributed by atoms with E-state index >= 15 is 0 Å². The van der Waals surface area contributed by atoms with E-state index in [0.717, 1.165) is 17.4 Å². The fraction of sp³-hybridized carbons (Fsp3) is 0. The first-order chi connectivity index (χ1) is 9.29. The van der Waals surface area contributed by atoms with Crippen molar-refractivity contribution < 1.29 is 18.3 Å². The van der Waals surface area contributed by atoms with E-state index in [1.54, 1.807) is 12.1 Å². The number of anilines is 1. The molecule has 0 atom stereocenters. The normalized spacial score (nSPS) is 11.3. The monoisotopic (exact) mass is 395 g/mol. The van der Waals surface area contributed by atoms with Crippen molar-refractivity contribution in [2.75, 3.05) is 4.72 Å². The van der Waals surface area contributed by atoms with Crippen LogP contribution in [-0.4, -0.2) is 19.5 Å². The molecule has 20 heavy (non-hydrogen) atoms. The lowest BCUT2D eigenvalue weighted by atomic mass is 10.3. The van der Waals surface area contributed by atoms with Gasteiger partial charge in [0.05, 0.1) is 16.3 Å². The van der Waals surface area contributed by atoms with Gasteiger partial charge in [-0.25, -0.2) is 13.2 Å². The van der Waals surface area contributed by atoms with E-state index in [0.29, 0.717) is 4.47 Å². The van der Waals surface area contributed by atoms with E-state index < -0.39 is 16.0 Å². The van der Waals surface area contributed by atoms with Crippen molar-refractivity contribution in [2.45, 2.75) is 4.21 Å². The number of carboxylic acids is 1.